The summed E-state index contributed by atoms with van der Waals surface area (Å²) in [6.07, 6.45) is -2.45. The van der Waals surface area contributed by atoms with Gasteiger partial charge in [0, 0.05) is 23.1 Å². The molecule has 0 spiro atoms. The van der Waals surface area contributed by atoms with E-state index in [0.717, 1.165) is 28.9 Å². The Balaban J connectivity index is 1.58. The van der Waals surface area contributed by atoms with Gasteiger partial charge >= 0.3 is 6.36 Å². The molecule has 0 radical (unpaired) electrons. The number of halogens is 4. The molecule has 4 aromatic rings. The van der Waals surface area contributed by atoms with Crippen LogP contribution in [0.4, 0.5) is 28.9 Å². The SMILES string of the molecule is Cc1cccc(C)c1N=C(N)SCc1c(F)cccc1-c1cc(C(N)=NC=Nc2ccc(OC(F)(F)F)cc2)ccc1C=N. The van der Waals surface area contributed by atoms with Crippen molar-refractivity contribution in [2.24, 2.45) is 26.4 Å². The van der Waals surface area contributed by atoms with Crippen LogP contribution in [0.2, 0.25) is 0 Å². The van der Waals surface area contributed by atoms with E-state index < -0.39 is 12.2 Å². The highest BCUT2D eigenvalue weighted by Gasteiger charge is 2.30. The molecule has 0 saturated heterocycles. The largest absolute Gasteiger partial charge is 0.573 e. The van der Waals surface area contributed by atoms with E-state index in [1.165, 1.54) is 42.5 Å². The van der Waals surface area contributed by atoms with Crippen molar-refractivity contribution in [3.05, 3.63) is 112 Å². The molecule has 0 saturated carbocycles. The molecule has 0 bridgehead atoms. The first-order chi connectivity index (χ1) is 20.9. The van der Waals surface area contributed by atoms with E-state index in [0.29, 0.717) is 33.5 Å². The quantitative estimate of drug-likeness (QED) is 0.0998. The molecule has 4 aromatic carbocycles. The second-order valence-corrected chi connectivity index (χ2v) is 10.5. The van der Waals surface area contributed by atoms with Gasteiger partial charge in [-0.25, -0.2) is 19.4 Å². The average molecular weight is 621 g/mol. The lowest BCUT2D eigenvalue weighted by molar-refractivity contribution is -0.274. The van der Waals surface area contributed by atoms with E-state index >= 15 is 4.39 Å². The van der Waals surface area contributed by atoms with E-state index in [-0.39, 0.29) is 22.5 Å². The zero-order chi connectivity index (χ0) is 31.9. The Kier molecular flexibility index (Phi) is 10.2. The molecule has 5 N–H and O–H groups in total. The minimum Gasteiger partial charge on any atom is -0.406 e. The van der Waals surface area contributed by atoms with Gasteiger partial charge in [0.1, 0.15) is 23.7 Å². The molecule has 0 amide bonds. The summed E-state index contributed by atoms with van der Waals surface area (Å²) in [5, 5.41) is 8.21. The van der Waals surface area contributed by atoms with Gasteiger partial charge in [-0.2, -0.15) is 0 Å². The van der Waals surface area contributed by atoms with Gasteiger partial charge in [-0.15, -0.1) is 13.2 Å². The maximum Gasteiger partial charge on any atom is 0.573 e. The van der Waals surface area contributed by atoms with Crippen molar-refractivity contribution >= 4 is 46.7 Å². The second kappa shape index (κ2) is 14.0. The van der Waals surface area contributed by atoms with Crippen molar-refractivity contribution in [2.45, 2.75) is 26.0 Å². The summed E-state index contributed by atoms with van der Waals surface area (Å²) in [6.45, 7) is 3.89. The molecule has 0 aromatic heterocycles. The fourth-order valence-electron chi connectivity index (χ4n) is 4.27. The van der Waals surface area contributed by atoms with E-state index in [1.54, 1.807) is 30.3 Å². The number of nitrogens with zero attached hydrogens (tertiary/aromatic N) is 3. The molecule has 226 valence electrons. The van der Waals surface area contributed by atoms with Crippen LogP contribution in [-0.2, 0) is 5.75 Å². The lowest BCUT2D eigenvalue weighted by atomic mass is 9.94. The molecule has 0 aliphatic rings. The third-order valence-electron chi connectivity index (χ3n) is 6.41. The second-order valence-electron chi connectivity index (χ2n) is 9.49. The standard InChI is InChI=1S/C32H28F4N6OS/c1-19-5-3-6-20(2)29(19)42-31(39)44-17-27-25(7-4-8-28(27)33)26-15-21(9-10-22(26)16-37)30(38)41-18-40-23-11-13-24(14-12-23)43-32(34,35)36/h3-16,18,37H,17H2,1-2H3,(H2,39,42)(H2,38,40,41). The predicted octanol–water partition coefficient (Wildman–Crippen LogP) is 7.95. The first-order valence-corrected chi connectivity index (χ1v) is 14.1. The average Bonchev–Trinajstić information content (AvgIpc) is 2.98. The van der Waals surface area contributed by atoms with Gasteiger partial charge in [0.15, 0.2) is 5.17 Å². The van der Waals surface area contributed by atoms with Crippen LogP contribution in [0.15, 0.2) is 93.8 Å². The normalized spacial score (nSPS) is 12.5. The summed E-state index contributed by atoms with van der Waals surface area (Å²) in [5.74, 6) is -0.533. The van der Waals surface area contributed by atoms with Crippen LogP contribution in [-0.4, -0.2) is 29.9 Å². The van der Waals surface area contributed by atoms with Crippen molar-refractivity contribution in [1.29, 1.82) is 5.41 Å². The summed E-state index contributed by atoms with van der Waals surface area (Å²) in [7, 11) is 0. The van der Waals surface area contributed by atoms with E-state index in [2.05, 4.69) is 19.7 Å². The number of aliphatic imine (C=N–C) groups is 3. The molecule has 0 unspecified atom stereocenters. The maximum atomic E-state index is 15.2. The van der Waals surface area contributed by atoms with Crippen LogP contribution in [0.3, 0.4) is 0 Å². The monoisotopic (exact) mass is 620 g/mol. The summed E-state index contributed by atoms with van der Waals surface area (Å²) >= 11 is 1.20. The molecule has 0 aliphatic carbocycles. The number of rotatable bonds is 9. The third-order valence-corrected chi connectivity index (χ3v) is 7.23. The number of para-hydroxylation sites is 1. The summed E-state index contributed by atoms with van der Waals surface area (Å²) in [6, 6.07) is 20.5. The predicted molar refractivity (Wildman–Crippen MR) is 170 cm³/mol. The molecular formula is C32H28F4N6OS. The topological polar surface area (TPSA) is 122 Å². The Labute approximate surface area is 255 Å². The van der Waals surface area contributed by atoms with E-state index in [9.17, 15) is 13.2 Å². The number of benzene rings is 4. The van der Waals surface area contributed by atoms with E-state index in [1.807, 2.05) is 32.0 Å². The number of thioether (sulfide) groups is 1. The molecule has 12 heteroatoms. The molecule has 0 fully saturated rings. The van der Waals surface area contributed by atoms with Gasteiger partial charge in [-0.3, -0.25) is 0 Å². The number of nitrogens with two attached hydrogens (primary N) is 2. The van der Waals surface area contributed by atoms with Gasteiger partial charge in [-0.05, 0) is 78.1 Å². The summed E-state index contributed by atoms with van der Waals surface area (Å²) in [5.41, 5.74) is 18.0. The zero-order valence-electron chi connectivity index (χ0n) is 23.7. The Morgan fingerprint density at radius 2 is 1.61 bits per heavy atom. The highest BCUT2D eigenvalue weighted by Crippen LogP contribution is 2.33. The van der Waals surface area contributed by atoms with Crippen molar-refractivity contribution < 1.29 is 22.3 Å². The minimum absolute atomic E-state index is 0.0841. The zero-order valence-corrected chi connectivity index (χ0v) is 24.5. The van der Waals surface area contributed by atoms with E-state index in [4.69, 9.17) is 16.9 Å². The van der Waals surface area contributed by atoms with Crippen molar-refractivity contribution in [3.8, 4) is 16.9 Å². The number of alkyl halides is 3. The number of amidine groups is 2. The Hall–Kier alpha value is -4.97. The first kappa shape index (κ1) is 32.0. The molecule has 0 heterocycles. The lowest BCUT2D eigenvalue weighted by Gasteiger charge is -2.14. The molecule has 4 rings (SSSR count). The van der Waals surface area contributed by atoms with Gasteiger partial charge < -0.3 is 21.6 Å². The van der Waals surface area contributed by atoms with Gasteiger partial charge in [0.25, 0.3) is 0 Å². The molecular weight excluding hydrogens is 592 g/mol. The van der Waals surface area contributed by atoms with Gasteiger partial charge in [-0.1, -0.05) is 54.2 Å². The Morgan fingerprint density at radius 3 is 2.27 bits per heavy atom. The fourth-order valence-corrected chi connectivity index (χ4v) is 5.01. The highest BCUT2D eigenvalue weighted by molar-refractivity contribution is 8.13. The molecule has 7 nitrogen and oxygen atoms in total. The van der Waals surface area contributed by atoms with Crippen LogP contribution >= 0.6 is 11.8 Å². The van der Waals surface area contributed by atoms with Crippen LogP contribution < -0.4 is 16.2 Å². The summed E-state index contributed by atoms with van der Waals surface area (Å²) < 4.78 is 56.1. The molecule has 44 heavy (non-hydrogen) atoms. The number of aryl methyl sites for hydroxylation is 2. The highest BCUT2D eigenvalue weighted by atomic mass is 32.2. The van der Waals surface area contributed by atoms with Crippen LogP contribution in [0, 0.1) is 25.1 Å². The number of hydrogen-bond donors (Lipinski definition) is 3. The van der Waals surface area contributed by atoms with Crippen LogP contribution in [0.1, 0.15) is 27.8 Å². The molecule has 0 atom stereocenters. The number of nitrogens with one attached hydrogen (secondary N) is 1. The van der Waals surface area contributed by atoms with Crippen molar-refractivity contribution in [1.82, 2.24) is 0 Å². The first-order valence-electron chi connectivity index (χ1n) is 13.1. The van der Waals surface area contributed by atoms with Crippen LogP contribution in [0.5, 0.6) is 5.75 Å². The molecule has 0 aliphatic heterocycles. The maximum absolute atomic E-state index is 15.2. The lowest BCUT2D eigenvalue weighted by Crippen LogP contribution is -2.16. The third kappa shape index (κ3) is 8.32. The Bertz CT molecular complexity index is 1730. The summed E-state index contributed by atoms with van der Waals surface area (Å²) in [4.78, 5) is 12.8. The fraction of sp³-hybridized carbons (Fsp3) is 0.125. The van der Waals surface area contributed by atoms with Gasteiger partial charge in [0.2, 0.25) is 0 Å². The Morgan fingerprint density at radius 1 is 0.932 bits per heavy atom. The van der Waals surface area contributed by atoms with Crippen molar-refractivity contribution in [2.75, 3.05) is 0 Å². The van der Waals surface area contributed by atoms with Crippen molar-refractivity contribution in [3.63, 3.8) is 0 Å². The van der Waals surface area contributed by atoms with Crippen LogP contribution in [0.25, 0.3) is 11.1 Å². The smallest absolute Gasteiger partial charge is 0.406 e. The minimum atomic E-state index is -4.79. The van der Waals surface area contributed by atoms with Gasteiger partial charge in [0.05, 0.1) is 11.4 Å². The number of ether oxygens (including phenoxy) is 1. The number of hydrogen-bond acceptors (Lipinski definition) is 5.